The first-order chi connectivity index (χ1) is 11.4. The fourth-order valence-electron chi connectivity index (χ4n) is 2.48. The third-order valence-electron chi connectivity index (χ3n) is 3.65. The Morgan fingerprint density at radius 2 is 1.67 bits per heavy atom. The largest absolute Gasteiger partial charge is 0.416 e. The lowest BCUT2D eigenvalue weighted by molar-refractivity contribution is -0.137. The number of nitrogens with one attached hydrogen (secondary N) is 1. The maximum atomic E-state index is 12.7. The van der Waals surface area contributed by atoms with Crippen molar-refractivity contribution in [2.24, 2.45) is 7.05 Å². The van der Waals surface area contributed by atoms with Crippen LogP contribution in [0.25, 0.3) is 11.3 Å². The first-order valence-electron chi connectivity index (χ1n) is 7.42. The zero-order valence-corrected chi connectivity index (χ0v) is 13.0. The second-order valence-corrected chi connectivity index (χ2v) is 5.47. The van der Waals surface area contributed by atoms with Crippen molar-refractivity contribution >= 4 is 5.69 Å². The van der Waals surface area contributed by atoms with Crippen LogP contribution in [0.5, 0.6) is 0 Å². The molecule has 0 aliphatic heterocycles. The Kier molecular flexibility index (Phi) is 4.29. The topological polar surface area (TPSA) is 29.9 Å². The highest BCUT2D eigenvalue weighted by Gasteiger charge is 2.30. The van der Waals surface area contributed by atoms with Crippen LogP contribution in [0, 0.1) is 0 Å². The van der Waals surface area contributed by atoms with Gasteiger partial charge in [-0.3, -0.25) is 4.68 Å². The Bertz CT molecular complexity index is 806. The number of benzene rings is 2. The van der Waals surface area contributed by atoms with E-state index in [9.17, 15) is 13.2 Å². The summed E-state index contributed by atoms with van der Waals surface area (Å²) in [6.45, 7) is 0.536. The second kappa shape index (κ2) is 6.39. The number of para-hydroxylation sites is 1. The monoisotopic (exact) mass is 331 g/mol. The predicted molar refractivity (Wildman–Crippen MR) is 87.4 cm³/mol. The van der Waals surface area contributed by atoms with E-state index in [0.29, 0.717) is 17.8 Å². The van der Waals surface area contributed by atoms with Gasteiger partial charge in [0, 0.05) is 36.6 Å². The van der Waals surface area contributed by atoms with Crippen molar-refractivity contribution in [3.8, 4) is 11.3 Å². The molecule has 0 aliphatic carbocycles. The molecule has 0 fully saturated rings. The smallest absolute Gasteiger partial charge is 0.381 e. The number of nitrogens with zero attached hydrogens (tertiary/aromatic N) is 2. The molecule has 0 amide bonds. The molecular weight excluding hydrogens is 315 g/mol. The van der Waals surface area contributed by atoms with E-state index in [0.717, 1.165) is 23.4 Å². The standard InChI is InChI=1S/C18H16F3N3/c1-24-12-14(11-22-16-5-3-2-4-6-16)17(23-24)13-7-9-15(10-8-13)18(19,20)21/h2-10,12,22H,11H2,1H3. The number of aryl methyl sites for hydroxylation is 1. The van der Waals surface area contributed by atoms with Gasteiger partial charge in [0.25, 0.3) is 0 Å². The molecule has 0 spiro atoms. The van der Waals surface area contributed by atoms with E-state index in [1.54, 1.807) is 11.7 Å². The summed E-state index contributed by atoms with van der Waals surface area (Å²) in [7, 11) is 1.79. The quantitative estimate of drug-likeness (QED) is 0.750. The third-order valence-corrected chi connectivity index (χ3v) is 3.65. The molecule has 0 atom stereocenters. The van der Waals surface area contributed by atoms with Crippen LogP contribution in [-0.4, -0.2) is 9.78 Å². The SMILES string of the molecule is Cn1cc(CNc2ccccc2)c(-c2ccc(C(F)(F)F)cc2)n1. The molecule has 1 aromatic heterocycles. The summed E-state index contributed by atoms with van der Waals surface area (Å²) >= 11 is 0. The average Bonchev–Trinajstić information content (AvgIpc) is 2.94. The molecule has 0 saturated heterocycles. The van der Waals surface area contributed by atoms with Crippen LogP contribution < -0.4 is 5.32 Å². The summed E-state index contributed by atoms with van der Waals surface area (Å²) in [5.41, 5.74) is 2.56. The van der Waals surface area contributed by atoms with Crippen molar-refractivity contribution in [1.82, 2.24) is 9.78 Å². The van der Waals surface area contributed by atoms with Crippen molar-refractivity contribution in [2.75, 3.05) is 5.32 Å². The highest BCUT2D eigenvalue weighted by atomic mass is 19.4. The number of halogens is 3. The Balaban J connectivity index is 1.83. The molecule has 0 unspecified atom stereocenters. The van der Waals surface area contributed by atoms with E-state index < -0.39 is 11.7 Å². The molecule has 0 bridgehead atoms. The number of hydrogen-bond donors (Lipinski definition) is 1. The van der Waals surface area contributed by atoms with Crippen LogP contribution in [0.1, 0.15) is 11.1 Å². The van der Waals surface area contributed by atoms with Crippen molar-refractivity contribution in [3.05, 3.63) is 71.9 Å². The van der Waals surface area contributed by atoms with E-state index in [2.05, 4.69) is 10.4 Å². The van der Waals surface area contributed by atoms with Crippen molar-refractivity contribution in [1.29, 1.82) is 0 Å². The van der Waals surface area contributed by atoms with Gasteiger partial charge in [-0.2, -0.15) is 18.3 Å². The van der Waals surface area contributed by atoms with Crippen LogP contribution in [0.3, 0.4) is 0 Å². The van der Waals surface area contributed by atoms with Gasteiger partial charge >= 0.3 is 6.18 Å². The Morgan fingerprint density at radius 3 is 2.29 bits per heavy atom. The summed E-state index contributed by atoms with van der Waals surface area (Å²) in [4.78, 5) is 0. The normalized spacial score (nSPS) is 11.5. The number of aromatic nitrogens is 2. The van der Waals surface area contributed by atoms with Crippen molar-refractivity contribution < 1.29 is 13.2 Å². The molecule has 0 radical (unpaired) electrons. The second-order valence-electron chi connectivity index (χ2n) is 5.47. The van der Waals surface area contributed by atoms with E-state index in [4.69, 9.17) is 0 Å². The van der Waals surface area contributed by atoms with Crippen LogP contribution in [0.4, 0.5) is 18.9 Å². The fourth-order valence-corrected chi connectivity index (χ4v) is 2.48. The molecule has 0 saturated carbocycles. The minimum Gasteiger partial charge on any atom is -0.381 e. The Morgan fingerprint density at radius 1 is 1.00 bits per heavy atom. The zero-order chi connectivity index (χ0) is 17.2. The van der Waals surface area contributed by atoms with E-state index in [-0.39, 0.29) is 0 Å². The molecule has 3 rings (SSSR count). The fraction of sp³-hybridized carbons (Fsp3) is 0.167. The molecule has 24 heavy (non-hydrogen) atoms. The minimum atomic E-state index is -4.33. The molecular formula is C18H16F3N3. The number of rotatable bonds is 4. The summed E-state index contributed by atoms with van der Waals surface area (Å²) in [5.74, 6) is 0. The van der Waals surface area contributed by atoms with Crippen molar-refractivity contribution in [2.45, 2.75) is 12.7 Å². The van der Waals surface area contributed by atoms with Crippen LogP contribution >= 0.6 is 0 Å². The first kappa shape index (κ1) is 16.1. The number of alkyl halides is 3. The third kappa shape index (κ3) is 3.59. The van der Waals surface area contributed by atoms with Crippen LogP contribution in [-0.2, 0) is 19.8 Å². The van der Waals surface area contributed by atoms with Crippen LogP contribution in [0.2, 0.25) is 0 Å². The Labute approximate surface area is 137 Å². The highest BCUT2D eigenvalue weighted by molar-refractivity contribution is 5.63. The average molecular weight is 331 g/mol. The summed E-state index contributed by atoms with van der Waals surface area (Å²) in [5, 5.41) is 7.67. The predicted octanol–water partition coefficient (Wildman–Crippen LogP) is 4.72. The molecule has 2 aromatic carbocycles. The van der Waals surface area contributed by atoms with Gasteiger partial charge in [0.2, 0.25) is 0 Å². The minimum absolute atomic E-state index is 0.536. The van der Waals surface area contributed by atoms with Gasteiger partial charge in [0.15, 0.2) is 0 Å². The van der Waals surface area contributed by atoms with Gasteiger partial charge in [0.05, 0.1) is 11.3 Å². The molecule has 0 aliphatic rings. The maximum absolute atomic E-state index is 12.7. The summed E-state index contributed by atoms with van der Waals surface area (Å²) in [6.07, 6.45) is -2.47. The Hall–Kier alpha value is -2.76. The van der Waals surface area contributed by atoms with Crippen molar-refractivity contribution in [3.63, 3.8) is 0 Å². The summed E-state index contributed by atoms with van der Waals surface area (Å²) < 4.78 is 39.7. The lowest BCUT2D eigenvalue weighted by Crippen LogP contribution is -2.04. The lowest BCUT2D eigenvalue weighted by atomic mass is 10.1. The van der Waals surface area contributed by atoms with Gasteiger partial charge in [-0.05, 0) is 24.3 Å². The number of hydrogen-bond acceptors (Lipinski definition) is 2. The van der Waals surface area contributed by atoms with E-state index in [1.807, 2.05) is 36.5 Å². The van der Waals surface area contributed by atoms with E-state index >= 15 is 0 Å². The van der Waals surface area contributed by atoms with Gasteiger partial charge in [-0.15, -0.1) is 0 Å². The number of anilines is 1. The maximum Gasteiger partial charge on any atom is 0.416 e. The highest BCUT2D eigenvalue weighted by Crippen LogP contribution is 2.31. The molecule has 1 heterocycles. The first-order valence-corrected chi connectivity index (χ1v) is 7.42. The van der Waals surface area contributed by atoms with E-state index in [1.165, 1.54) is 12.1 Å². The van der Waals surface area contributed by atoms with Gasteiger partial charge < -0.3 is 5.32 Å². The molecule has 124 valence electrons. The van der Waals surface area contributed by atoms with Gasteiger partial charge in [0.1, 0.15) is 0 Å². The van der Waals surface area contributed by atoms with Crippen LogP contribution in [0.15, 0.2) is 60.8 Å². The zero-order valence-electron chi connectivity index (χ0n) is 13.0. The van der Waals surface area contributed by atoms with Gasteiger partial charge in [-0.1, -0.05) is 30.3 Å². The molecule has 3 aromatic rings. The molecule has 3 nitrogen and oxygen atoms in total. The molecule has 6 heteroatoms. The molecule has 1 N–H and O–H groups in total. The van der Waals surface area contributed by atoms with Gasteiger partial charge in [-0.25, -0.2) is 0 Å². The lowest BCUT2D eigenvalue weighted by Gasteiger charge is -2.08. The summed E-state index contributed by atoms with van der Waals surface area (Å²) in [6, 6.07) is 14.8.